The van der Waals surface area contributed by atoms with Gasteiger partial charge in [0.1, 0.15) is 11.6 Å². The first-order valence-corrected chi connectivity index (χ1v) is 13.0. The van der Waals surface area contributed by atoms with Crippen molar-refractivity contribution in [3.8, 4) is 5.75 Å². The molecule has 5 aromatic rings. The summed E-state index contributed by atoms with van der Waals surface area (Å²) in [5.41, 5.74) is 4.61. The Bertz CT molecular complexity index is 1610. The molecule has 0 atom stereocenters. The molecule has 39 heavy (non-hydrogen) atoms. The second kappa shape index (κ2) is 12.0. The maximum atomic E-state index is 13.4. The van der Waals surface area contributed by atoms with Crippen LogP contribution in [0.4, 0.5) is 4.39 Å². The highest BCUT2D eigenvalue weighted by Crippen LogP contribution is 2.20. The Hall–Kier alpha value is -4.37. The molecular weight excluding hydrogens is 495 g/mol. The summed E-state index contributed by atoms with van der Waals surface area (Å²) in [4.78, 5) is 18.2. The number of ether oxygens (including phenoxy) is 1. The number of pyridine rings is 1. The van der Waals surface area contributed by atoms with Gasteiger partial charge in [0.25, 0.3) is 5.56 Å². The van der Waals surface area contributed by atoms with E-state index < -0.39 is 0 Å². The third kappa shape index (κ3) is 6.74. The number of halogens is 1. The van der Waals surface area contributed by atoms with Crippen molar-refractivity contribution < 1.29 is 9.13 Å². The lowest BCUT2D eigenvalue weighted by atomic mass is 10.1. The minimum atomic E-state index is -0.285. The van der Waals surface area contributed by atoms with Gasteiger partial charge in [0.15, 0.2) is 5.82 Å². The van der Waals surface area contributed by atoms with Crippen molar-refractivity contribution in [3.63, 3.8) is 0 Å². The molecule has 0 radical (unpaired) electrons. The number of hydrogen-bond donors (Lipinski definition) is 1. The lowest BCUT2D eigenvalue weighted by Crippen LogP contribution is -2.30. The van der Waals surface area contributed by atoms with Crippen LogP contribution in [0.3, 0.4) is 0 Å². The van der Waals surface area contributed by atoms with Gasteiger partial charge >= 0.3 is 0 Å². The van der Waals surface area contributed by atoms with Crippen molar-refractivity contribution >= 4 is 10.9 Å². The molecule has 2 heterocycles. The van der Waals surface area contributed by atoms with Crippen molar-refractivity contribution in [2.45, 2.75) is 39.9 Å². The number of nitrogens with zero attached hydrogens (tertiary/aromatic N) is 5. The second-order valence-electron chi connectivity index (χ2n) is 9.63. The summed E-state index contributed by atoms with van der Waals surface area (Å²) in [5, 5.41) is 13.2. The zero-order valence-electron chi connectivity index (χ0n) is 22.1. The maximum absolute atomic E-state index is 13.4. The second-order valence-corrected chi connectivity index (χ2v) is 9.63. The van der Waals surface area contributed by atoms with Crippen LogP contribution in [0.2, 0.25) is 0 Å². The van der Waals surface area contributed by atoms with E-state index in [1.807, 2.05) is 31.2 Å². The lowest BCUT2D eigenvalue weighted by molar-refractivity contribution is 0.248. The normalized spacial score (nSPS) is 11.4. The Morgan fingerprint density at radius 3 is 2.64 bits per heavy atom. The molecule has 0 spiro atoms. The lowest BCUT2D eigenvalue weighted by Gasteiger charge is -2.22. The van der Waals surface area contributed by atoms with E-state index in [2.05, 4.69) is 56.6 Å². The number of aryl methyl sites for hydroxylation is 1. The topological polar surface area (TPSA) is 88.9 Å². The van der Waals surface area contributed by atoms with Crippen LogP contribution >= 0.6 is 0 Å². The number of tetrazole rings is 1. The number of aromatic nitrogens is 5. The molecule has 0 aliphatic heterocycles. The summed E-state index contributed by atoms with van der Waals surface area (Å²) in [7, 11) is 0. The first kappa shape index (κ1) is 26.2. The summed E-state index contributed by atoms with van der Waals surface area (Å²) in [6.45, 7) is 6.57. The fourth-order valence-electron chi connectivity index (χ4n) is 4.64. The summed E-state index contributed by atoms with van der Waals surface area (Å²) < 4.78 is 20.7. The first-order chi connectivity index (χ1) is 19.0. The van der Waals surface area contributed by atoms with Crippen molar-refractivity contribution in [1.82, 2.24) is 30.1 Å². The Balaban J connectivity index is 1.41. The number of H-pyrrole nitrogens is 1. The summed E-state index contributed by atoms with van der Waals surface area (Å²) in [6.07, 6.45) is 0.807. The van der Waals surface area contributed by atoms with Crippen LogP contribution in [0.5, 0.6) is 5.75 Å². The highest BCUT2D eigenvalue weighted by molar-refractivity contribution is 5.80. The van der Waals surface area contributed by atoms with Gasteiger partial charge in [0.05, 0.1) is 19.7 Å². The van der Waals surface area contributed by atoms with Crippen molar-refractivity contribution in [3.05, 3.63) is 117 Å². The van der Waals surface area contributed by atoms with E-state index in [1.54, 1.807) is 16.8 Å². The molecule has 9 heteroatoms. The molecule has 1 N–H and O–H groups in total. The SMILES string of the molecule is CCOc1ccc2[nH]c(=O)c(CN(CCc3cccc(C)c3)Cc3nnnn3Cc3ccc(F)cc3)cc2c1. The molecule has 0 amide bonds. The van der Waals surface area contributed by atoms with Gasteiger partial charge in [-0.2, -0.15) is 0 Å². The van der Waals surface area contributed by atoms with Gasteiger partial charge in [0, 0.05) is 29.6 Å². The predicted octanol–water partition coefficient (Wildman–Crippen LogP) is 4.65. The van der Waals surface area contributed by atoms with Crippen LogP contribution in [-0.2, 0) is 26.1 Å². The number of fused-ring (bicyclic) bond motifs is 1. The quantitative estimate of drug-likeness (QED) is 0.269. The molecule has 0 aliphatic rings. The average Bonchev–Trinajstić information content (AvgIpc) is 3.35. The molecule has 0 unspecified atom stereocenters. The molecule has 0 saturated carbocycles. The molecule has 2 aromatic heterocycles. The van der Waals surface area contributed by atoms with Crippen LogP contribution in [0.25, 0.3) is 10.9 Å². The molecule has 8 nitrogen and oxygen atoms in total. The van der Waals surface area contributed by atoms with Gasteiger partial charge < -0.3 is 9.72 Å². The van der Waals surface area contributed by atoms with Gasteiger partial charge in [-0.05, 0) is 78.2 Å². The van der Waals surface area contributed by atoms with Crippen LogP contribution < -0.4 is 10.3 Å². The van der Waals surface area contributed by atoms with Gasteiger partial charge in [0.2, 0.25) is 0 Å². The fourth-order valence-corrected chi connectivity index (χ4v) is 4.64. The van der Waals surface area contributed by atoms with E-state index in [1.165, 1.54) is 23.3 Å². The van der Waals surface area contributed by atoms with E-state index in [0.717, 1.165) is 28.6 Å². The van der Waals surface area contributed by atoms with E-state index in [9.17, 15) is 9.18 Å². The number of hydrogen-bond acceptors (Lipinski definition) is 6. The van der Waals surface area contributed by atoms with Crippen molar-refractivity contribution in [2.75, 3.05) is 13.2 Å². The monoisotopic (exact) mass is 526 g/mol. The predicted molar refractivity (Wildman–Crippen MR) is 148 cm³/mol. The van der Waals surface area contributed by atoms with E-state index >= 15 is 0 Å². The molecular formula is C30H31FN6O2. The first-order valence-electron chi connectivity index (χ1n) is 13.0. The minimum absolute atomic E-state index is 0.127. The van der Waals surface area contributed by atoms with Gasteiger partial charge in [-0.3, -0.25) is 9.69 Å². The molecule has 5 rings (SSSR count). The van der Waals surface area contributed by atoms with E-state index in [-0.39, 0.29) is 11.4 Å². The molecule has 0 aliphatic carbocycles. The number of rotatable bonds is 11. The van der Waals surface area contributed by atoms with Crippen LogP contribution in [0.15, 0.2) is 77.6 Å². The van der Waals surface area contributed by atoms with Crippen molar-refractivity contribution in [1.29, 1.82) is 0 Å². The molecule has 0 bridgehead atoms. The Morgan fingerprint density at radius 2 is 1.85 bits per heavy atom. The summed E-state index contributed by atoms with van der Waals surface area (Å²) in [5.74, 6) is 1.14. The van der Waals surface area contributed by atoms with Crippen LogP contribution in [0.1, 0.15) is 35.0 Å². The standard InChI is InChI=1S/C30H31FN6O2/c1-3-39-27-11-12-28-24(17-27)16-25(30(38)32-28)19-36(14-13-22-6-4-5-21(2)15-22)20-29-33-34-35-37(29)18-23-7-9-26(31)10-8-23/h4-12,15-17H,3,13-14,18-20H2,1-2H3,(H,32,38). The molecule has 3 aromatic carbocycles. The van der Waals surface area contributed by atoms with Gasteiger partial charge in [-0.25, -0.2) is 9.07 Å². The Labute approximate surface area is 226 Å². The highest BCUT2D eigenvalue weighted by Gasteiger charge is 2.16. The number of nitrogens with one attached hydrogen (secondary N) is 1. The van der Waals surface area contributed by atoms with Crippen LogP contribution in [0, 0.1) is 12.7 Å². The Kier molecular flexibility index (Phi) is 8.07. The van der Waals surface area contributed by atoms with E-state index in [4.69, 9.17) is 4.74 Å². The number of aromatic amines is 1. The minimum Gasteiger partial charge on any atom is -0.494 e. The summed E-state index contributed by atoms with van der Waals surface area (Å²) in [6, 6.07) is 22.3. The molecule has 0 saturated heterocycles. The zero-order valence-corrected chi connectivity index (χ0v) is 22.1. The number of benzene rings is 3. The average molecular weight is 527 g/mol. The smallest absolute Gasteiger partial charge is 0.252 e. The van der Waals surface area contributed by atoms with Gasteiger partial charge in [-0.15, -0.1) is 5.10 Å². The van der Waals surface area contributed by atoms with Gasteiger partial charge in [-0.1, -0.05) is 42.0 Å². The maximum Gasteiger partial charge on any atom is 0.252 e. The highest BCUT2D eigenvalue weighted by atomic mass is 19.1. The molecule has 200 valence electrons. The van der Waals surface area contributed by atoms with Crippen LogP contribution in [-0.4, -0.2) is 43.2 Å². The summed E-state index contributed by atoms with van der Waals surface area (Å²) >= 11 is 0. The fraction of sp³-hybridized carbons (Fsp3) is 0.267. The Morgan fingerprint density at radius 1 is 1.00 bits per heavy atom. The largest absolute Gasteiger partial charge is 0.494 e. The van der Waals surface area contributed by atoms with Crippen molar-refractivity contribution in [2.24, 2.45) is 0 Å². The zero-order chi connectivity index (χ0) is 27.2. The third-order valence-corrected chi connectivity index (χ3v) is 6.61. The third-order valence-electron chi connectivity index (χ3n) is 6.61. The molecule has 0 fully saturated rings. The van der Waals surface area contributed by atoms with E-state index in [0.29, 0.717) is 44.2 Å².